The van der Waals surface area contributed by atoms with Crippen LogP contribution in [0.5, 0.6) is 11.5 Å². The average Bonchev–Trinajstić information content (AvgIpc) is 2.90. The van der Waals surface area contributed by atoms with Crippen LogP contribution >= 0.6 is 0 Å². The van der Waals surface area contributed by atoms with Gasteiger partial charge in [-0.25, -0.2) is 0 Å². The lowest BCUT2D eigenvalue weighted by Gasteiger charge is -2.38. The highest BCUT2D eigenvalue weighted by atomic mass is 16.5. The molecule has 1 saturated heterocycles. The molecule has 0 radical (unpaired) electrons. The van der Waals surface area contributed by atoms with E-state index >= 15 is 0 Å². The molecule has 2 unspecified atom stereocenters. The van der Waals surface area contributed by atoms with Crippen LogP contribution < -0.4 is 14.8 Å². The van der Waals surface area contributed by atoms with E-state index in [0.717, 1.165) is 5.56 Å². The minimum atomic E-state index is -0.979. The lowest BCUT2D eigenvalue weighted by Crippen LogP contribution is -2.51. The van der Waals surface area contributed by atoms with Crippen LogP contribution in [0.3, 0.4) is 0 Å². The Labute approximate surface area is 204 Å². The van der Waals surface area contributed by atoms with E-state index in [1.165, 1.54) is 7.11 Å². The summed E-state index contributed by atoms with van der Waals surface area (Å²) in [5.74, 6) is 0.654. The van der Waals surface area contributed by atoms with Gasteiger partial charge in [-0.05, 0) is 35.9 Å². The van der Waals surface area contributed by atoms with E-state index in [0.29, 0.717) is 34.9 Å². The number of ether oxygens (including phenoxy) is 3. The topological polar surface area (TPSA) is 97.3 Å². The summed E-state index contributed by atoms with van der Waals surface area (Å²) in [6, 6.07) is 20.7. The Bertz CT molecular complexity index is 1180. The number of nitrogens with one attached hydrogen (secondary N) is 1. The van der Waals surface area contributed by atoms with E-state index in [1.54, 1.807) is 60.5 Å². The Balaban J connectivity index is 1.49. The maximum absolute atomic E-state index is 12.7. The molecule has 8 nitrogen and oxygen atoms in total. The largest absolute Gasteiger partial charge is 0.496 e. The predicted octanol–water partition coefficient (Wildman–Crippen LogP) is 3.42. The molecule has 3 aromatic carbocycles. The van der Waals surface area contributed by atoms with Gasteiger partial charge in [0.15, 0.2) is 0 Å². The molecule has 0 bridgehead atoms. The van der Waals surface area contributed by atoms with Gasteiger partial charge < -0.3 is 29.5 Å². The van der Waals surface area contributed by atoms with E-state index in [1.807, 2.05) is 24.3 Å². The number of carbonyl (C=O) groups is 2. The van der Waals surface area contributed by atoms with Crippen LogP contribution in [0.15, 0.2) is 72.8 Å². The summed E-state index contributed by atoms with van der Waals surface area (Å²) >= 11 is 0. The summed E-state index contributed by atoms with van der Waals surface area (Å²) in [6.07, 6.45) is -0.979. The van der Waals surface area contributed by atoms with Crippen LogP contribution in [0.2, 0.25) is 0 Å². The highest BCUT2D eigenvalue weighted by Gasteiger charge is 2.35. The molecule has 8 heteroatoms. The lowest BCUT2D eigenvalue weighted by molar-refractivity contribution is -0.155. The number of nitrogens with zero attached hydrogens (tertiary/aromatic N) is 1. The first-order chi connectivity index (χ1) is 17.0. The van der Waals surface area contributed by atoms with Crippen molar-refractivity contribution in [2.24, 2.45) is 0 Å². The summed E-state index contributed by atoms with van der Waals surface area (Å²) in [5, 5.41) is 14.0. The van der Waals surface area contributed by atoms with Gasteiger partial charge >= 0.3 is 0 Å². The second kappa shape index (κ2) is 11.0. The predicted molar refractivity (Wildman–Crippen MR) is 130 cm³/mol. The van der Waals surface area contributed by atoms with E-state index < -0.39 is 12.1 Å². The summed E-state index contributed by atoms with van der Waals surface area (Å²) in [7, 11) is 3.10. The number of aliphatic hydroxyl groups excluding tert-OH is 1. The first-order valence-corrected chi connectivity index (χ1v) is 11.2. The minimum Gasteiger partial charge on any atom is -0.496 e. The second-order valence-electron chi connectivity index (χ2n) is 8.14. The molecule has 0 spiro atoms. The Hall–Kier alpha value is -3.88. The van der Waals surface area contributed by atoms with Crippen molar-refractivity contribution in [2.75, 3.05) is 32.8 Å². The first kappa shape index (κ1) is 24.3. The second-order valence-corrected chi connectivity index (χ2v) is 8.14. The molecule has 182 valence electrons. The number of aliphatic hydroxyl groups is 1. The van der Waals surface area contributed by atoms with Crippen LogP contribution in [0.4, 0.5) is 5.69 Å². The Morgan fingerprint density at radius 1 is 1.03 bits per heavy atom. The number of methoxy groups -OCH3 is 2. The molecule has 1 aliphatic rings. The van der Waals surface area contributed by atoms with E-state index in [4.69, 9.17) is 14.2 Å². The number of hydrogen-bond acceptors (Lipinski definition) is 6. The number of rotatable bonds is 8. The van der Waals surface area contributed by atoms with Crippen LogP contribution in [-0.2, 0) is 16.1 Å². The van der Waals surface area contributed by atoms with Gasteiger partial charge in [0.05, 0.1) is 32.4 Å². The molecule has 35 heavy (non-hydrogen) atoms. The van der Waals surface area contributed by atoms with Gasteiger partial charge in [-0.3, -0.25) is 9.59 Å². The zero-order chi connectivity index (χ0) is 24.8. The molecular weight excluding hydrogens is 448 g/mol. The molecule has 1 fully saturated rings. The minimum absolute atomic E-state index is 0.0354. The Morgan fingerprint density at radius 3 is 2.40 bits per heavy atom. The Kier molecular flexibility index (Phi) is 7.64. The van der Waals surface area contributed by atoms with Crippen LogP contribution in [0.1, 0.15) is 27.6 Å². The fourth-order valence-electron chi connectivity index (χ4n) is 4.13. The SMILES string of the molecule is COc1ccccc1CN1C(=O)COCC1C(O)c1ccc(NC(=O)c2ccccc2OC)cc1. The van der Waals surface area contributed by atoms with E-state index in [2.05, 4.69) is 5.32 Å². The molecule has 1 aliphatic heterocycles. The summed E-state index contributed by atoms with van der Waals surface area (Å²) in [4.78, 5) is 27.0. The van der Waals surface area contributed by atoms with Crippen molar-refractivity contribution in [3.8, 4) is 11.5 Å². The fraction of sp³-hybridized carbons (Fsp3) is 0.259. The van der Waals surface area contributed by atoms with Gasteiger partial charge in [-0.2, -0.15) is 0 Å². The molecular formula is C27H28N2O6. The average molecular weight is 477 g/mol. The normalized spacial score (nSPS) is 16.5. The summed E-state index contributed by atoms with van der Waals surface area (Å²) in [5.41, 5.74) is 2.44. The van der Waals surface area contributed by atoms with Crippen molar-refractivity contribution >= 4 is 17.5 Å². The van der Waals surface area contributed by atoms with Gasteiger partial charge in [0.1, 0.15) is 24.2 Å². The number of hydrogen-bond donors (Lipinski definition) is 2. The molecule has 3 aromatic rings. The number of morpholine rings is 1. The smallest absolute Gasteiger partial charge is 0.259 e. The van der Waals surface area contributed by atoms with E-state index in [-0.39, 0.29) is 25.0 Å². The molecule has 1 heterocycles. The highest BCUT2D eigenvalue weighted by Crippen LogP contribution is 2.29. The number of benzene rings is 3. The first-order valence-electron chi connectivity index (χ1n) is 11.2. The van der Waals surface area contributed by atoms with Crippen molar-refractivity contribution < 1.29 is 28.9 Å². The van der Waals surface area contributed by atoms with Gasteiger partial charge in [0, 0.05) is 17.8 Å². The van der Waals surface area contributed by atoms with Crippen molar-refractivity contribution in [1.29, 1.82) is 0 Å². The zero-order valence-corrected chi connectivity index (χ0v) is 19.6. The third-order valence-corrected chi connectivity index (χ3v) is 5.99. The third kappa shape index (κ3) is 5.45. The van der Waals surface area contributed by atoms with Crippen LogP contribution in [0.25, 0.3) is 0 Å². The van der Waals surface area contributed by atoms with Crippen molar-refractivity contribution in [2.45, 2.75) is 18.7 Å². The van der Waals surface area contributed by atoms with Crippen LogP contribution in [0, 0.1) is 0 Å². The fourth-order valence-corrected chi connectivity index (χ4v) is 4.13. The number of carbonyl (C=O) groups excluding carboxylic acids is 2. The van der Waals surface area contributed by atoms with E-state index in [9.17, 15) is 14.7 Å². The van der Waals surface area contributed by atoms with Gasteiger partial charge in [0.25, 0.3) is 5.91 Å². The molecule has 4 rings (SSSR count). The van der Waals surface area contributed by atoms with Gasteiger partial charge in [-0.1, -0.05) is 42.5 Å². The molecule has 0 aromatic heterocycles. The highest BCUT2D eigenvalue weighted by molar-refractivity contribution is 6.06. The molecule has 2 amide bonds. The Morgan fingerprint density at radius 2 is 1.69 bits per heavy atom. The van der Waals surface area contributed by atoms with Crippen molar-refractivity contribution in [3.63, 3.8) is 0 Å². The summed E-state index contributed by atoms with van der Waals surface area (Å²) < 4.78 is 16.1. The van der Waals surface area contributed by atoms with Gasteiger partial charge in [0.2, 0.25) is 5.91 Å². The molecule has 2 N–H and O–H groups in total. The zero-order valence-electron chi connectivity index (χ0n) is 19.6. The monoisotopic (exact) mass is 476 g/mol. The maximum atomic E-state index is 12.7. The maximum Gasteiger partial charge on any atom is 0.259 e. The van der Waals surface area contributed by atoms with Crippen LogP contribution in [-0.4, -0.2) is 55.3 Å². The standard InChI is InChI=1S/C27H28N2O6/c1-33-23-9-5-3-7-19(23)15-29-22(16-35-17-25(29)30)26(31)18-11-13-20(14-12-18)28-27(32)21-8-4-6-10-24(21)34-2/h3-14,22,26,31H,15-17H2,1-2H3,(H,28,32). The van der Waals surface area contributed by atoms with Crippen molar-refractivity contribution in [3.05, 3.63) is 89.5 Å². The van der Waals surface area contributed by atoms with Gasteiger partial charge in [-0.15, -0.1) is 0 Å². The molecule has 2 atom stereocenters. The lowest BCUT2D eigenvalue weighted by atomic mass is 9.99. The van der Waals surface area contributed by atoms with Crippen molar-refractivity contribution in [1.82, 2.24) is 4.90 Å². The number of amides is 2. The number of para-hydroxylation sites is 2. The summed E-state index contributed by atoms with van der Waals surface area (Å²) in [6.45, 7) is 0.460. The third-order valence-electron chi connectivity index (χ3n) is 5.99. The molecule has 0 aliphatic carbocycles. The quantitative estimate of drug-likeness (QED) is 0.517. The molecule has 0 saturated carbocycles. The number of anilines is 1.